The topological polar surface area (TPSA) is 56.1 Å². The summed E-state index contributed by atoms with van der Waals surface area (Å²) in [5, 5.41) is 7.54. The summed E-state index contributed by atoms with van der Waals surface area (Å²) in [6, 6.07) is 0.295. The highest BCUT2D eigenvalue weighted by Crippen LogP contribution is 2.18. The molecule has 0 saturated carbocycles. The molecule has 0 saturated heterocycles. The van der Waals surface area contributed by atoms with Crippen molar-refractivity contribution in [3.63, 3.8) is 0 Å². The average molecular weight is 239 g/mol. The van der Waals surface area contributed by atoms with Crippen LogP contribution in [-0.4, -0.2) is 29.4 Å². The van der Waals surface area contributed by atoms with Gasteiger partial charge in [0.25, 0.3) is 0 Å². The lowest BCUT2D eigenvalue weighted by Gasteiger charge is -2.14. The van der Waals surface area contributed by atoms with Gasteiger partial charge >= 0.3 is 5.97 Å². The van der Waals surface area contributed by atoms with Gasteiger partial charge in [0.1, 0.15) is 0 Å². The van der Waals surface area contributed by atoms with Crippen LogP contribution in [0.4, 0.5) is 0 Å². The highest BCUT2D eigenvalue weighted by Gasteiger charge is 2.17. The van der Waals surface area contributed by atoms with Gasteiger partial charge in [-0.3, -0.25) is 9.48 Å². The summed E-state index contributed by atoms with van der Waals surface area (Å²) in [6.07, 6.45) is 4.10. The number of nitrogens with one attached hydrogen (secondary N) is 1. The van der Waals surface area contributed by atoms with Gasteiger partial charge in [-0.05, 0) is 20.4 Å². The molecule has 1 unspecified atom stereocenters. The molecule has 0 spiro atoms. The summed E-state index contributed by atoms with van der Waals surface area (Å²) >= 11 is 0. The zero-order valence-electron chi connectivity index (χ0n) is 10.9. The molecule has 0 aliphatic heterocycles. The number of hydrogen-bond donors (Lipinski definition) is 1. The number of aromatic nitrogens is 2. The molecule has 1 aromatic rings. The highest BCUT2D eigenvalue weighted by atomic mass is 16.5. The predicted molar refractivity (Wildman–Crippen MR) is 65.7 cm³/mol. The second-order valence-electron chi connectivity index (χ2n) is 4.24. The van der Waals surface area contributed by atoms with Crippen molar-refractivity contribution in [3.05, 3.63) is 18.0 Å². The first kappa shape index (κ1) is 13.7. The SMILES string of the molecule is CCNC(CC(=O)OC)c1cnn(C(C)C)c1. The summed E-state index contributed by atoms with van der Waals surface area (Å²) in [5.74, 6) is -0.215. The normalized spacial score (nSPS) is 12.8. The van der Waals surface area contributed by atoms with Crippen LogP contribution in [0.15, 0.2) is 12.4 Å². The lowest BCUT2D eigenvalue weighted by atomic mass is 10.1. The van der Waals surface area contributed by atoms with E-state index in [2.05, 4.69) is 24.3 Å². The minimum Gasteiger partial charge on any atom is -0.469 e. The fourth-order valence-corrected chi connectivity index (χ4v) is 1.62. The third-order valence-corrected chi connectivity index (χ3v) is 2.60. The molecule has 0 bridgehead atoms. The van der Waals surface area contributed by atoms with Gasteiger partial charge in [0, 0.05) is 23.8 Å². The fraction of sp³-hybridized carbons (Fsp3) is 0.667. The molecule has 0 radical (unpaired) electrons. The van der Waals surface area contributed by atoms with Crippen molar-refractivity contribution in [1.29, 1.82) is 0 Å². The van der Waals surface area contributed by atoms with E-state index in [-0.39, 0.29) is 12.0 Å². The smallest absolute Gasteiger partial charge is 0.307 e. The molecule has 0 amide bonds. The molecule has 5 nitrogen and oxygen atoms in total. The van der Waals surface area contributed by atoms with E-state index in [4.69, 9.17) is 4.74 Å². The van der Waals surface area contributed by atoms with Crippen molar-refractivity contribution in [2.24, 2.45) is 0 Å². The molecule has 1 N–H and O–H groups in total. The second kappa shape index (κ2) is 6.39. The molecule has 17 heavy (non-hydrogen) atoms. The largest absolute Gasteiger partial charge is 0.469 e. The summed E-state index contributed by atoms with van der Waals surface area (Å²) < 4.78 is 6.58. The Bertz CT molecular complexity index is 360. The van der Waals surface area contributed by atoms with Crippen molar-refractivity contribution < 1.29 is 9.53 Å². The number of rotatable bonds is 6. The van der Waals surface area contributed by atoms with Gasteiger partial charge in [0.2, 0.25) is 0 Å². The molecule has 1 aromatic heterocycles. The molecule has 1 atom stereocenters. The van der Waals surface area contributed by atoms with Gasteiger partial charge in [-0.2, -0.15) is 5.10 Å². The number of carbonyl (C=O) groups is 1. The predicted octanol–water partition coefficient (Wildman–Crippen LogP) is 1.68. The molecule has 96 valence electrons. The van der Waals surface area contributed by atoms with Crippen LogP contribution in [0.2, 0.25) is 0 Å². The standard InChI is InChI=1S/C12H21N3O2/c1-5-13-11(6-12(16)17-4)10-7-14-15(8-10)9(2)3/h7-9,11,13H,5-6H2,1-4H3. The van der Waals surface area contributed by atoms with Crippen LogP contribution in [0, 0.1) is 0 Å². The van der Waals surface area contributed by atoms with E-state index in [0.717, 1.165) is 12.1 Å². The number of carbonyl (C=O) groups excluding carboxylic acids is 1. The van der Waals surface area contributed by atoms with Gasteiger partial charge in [-0.15, -0.1) is 0 Å². The lowest BCUT2D eigenvalue weighted by Crippen LogP contribution is -2.23. The number of methoxy groups -OCH3 is 1. The van der Waals surface area contributed by atoms with Crippen LogP contribution in [0.5, 0.6) is 0 Å². The number of nitrogens with zero attached hydrogens (tertiary/aromatic N) is 2. The molecule has 0 aliphatic carbocycles. The summed E-state index contributed by atoms with van der Waals surface area (Å²) in [7, 11) is 1.41. The van der Waals surface area contributed by atoms with Gasteiger partial charge < -0.3 is 10.1 Å². The molecule has 0 aliphatic rings. The first-order valence-corrected chi connectivity index (χ1v) is 5.92. The van der Waals surface area contributed by atoms with Crippen molar-refractivity contribution >= 4 is 5.97 Å². The van der Waals surface area contributed by atoms with Crippen LogP contribution in [0.1, 0.15) is 44.8 Å². The zero-order valence-corrected chi connectivity index (χ0v) is 10.9. The zero-order chi connectivity index (χ0) is 12.8. The van der Waals surface area contributed by atoms with E-state index in [9.17, 15) is 4.79 Å². The molecule has 0 fully saturated rings. The first-order chi connectivity index (χ1) is 8.08. The van der Waals surface area contributed by atoms with E-state index in [1.54, 1.807) is 6.20 Å². The van der Waals surface area contributed by atoms with Crippen LogP contribution in [-0.2, 0) is 9.53 Å². The number of hydrogen-bond acceptors (Lipinski definition) is 4. The van der Waals surface area contributed by atoms with Crippen molar-refractivity contribution in [2.45, 2.75) is 39.3 Å². The van der Waals surface area contributed by atoms with Gasteiger partial charge in [0.15, 0.2) is 0 Å². The Labute approximate surface area is 102 Å². The molecule has 5 heteroatoms. The third-order valence-electron chi connectivity index (χ3n) is 2.60. The molecule has 1 rings (SSSR count). The molecular weight excluding hydrogens is 218 g/mol. The van der Waals surface area contributed by atoms with E-state index < -0.39 is 0 Å². The van der Waals surface area contributed by atoms with Crippen LogP contribution >= 0.6 is 0 Å². The minimum absolute atomic E-state index is 0.0278. The van der Waals surface area contributed by atoms with E-state index >= 15 is 0 Å². The van der Waals surface area contributed by atoms with E-state index in [1.165, 1.54) is 7.11 Å². The van der Waals surface area contributed by atoms with Crippen LogP contribution < -0.4 is 5.32 Å². The highest BCUT2D eigenvalue weighted by molar-refractivity contribution is 5.70. The maximum absolute atomic E-state index is 11.3. The molecule has 0 aromatic carbocycles. The summed E-state index contributed by atoms with van der Waals surface area (Å²) in [6.45, 7) is 6.95. The Balaban J connectivity index is 2.77. The first-order valence-electron chi connectivity index (χ1n) is 5.92. The minimum atomic E-state index is -0.215. The fourth-order valence-electron chi connectivity index (χ4n) is 1.62. The summed E-state index contributed by atoms with van der Waals surface area (Å²) in [5.41, 5.74) is 1.02. The van der Waals surface area contributed by atoms with Crippen molar-refractivity contribution in [3.8, 4) is 0 Å². The van der Waals surface area contributed by atoms with Crippen LogP contribution in [0.25, 0.3) is 0 Å². The quantitative estimate of drug-likeness (QED) is 0.767. The number of esters is 1. The lowest BCUT2D eigenvalue weighted by molar-refractivity contribution is -0.141. The monoisotopic (exact) mass is 239 g/mol. The van der Waals surface area contributed by atoms with E-state index in [1.807, 2.05) is 17.8 Å². The van der Waals surface area contributed by atoms with Crippen molar-refractivity contribution in [1.82, 2.24) is 15.1 Å². The molecule has 1 heterocycles. The van der Waals surface area contributed by atoms with Gasteiger partial charge in [-0.1, -0.05) is 6.92 Å². The maximum atomic E-state index is 11.3. The van der Waals surface area contributed by atoms with Crippen LogP contribution in [0.3, 0.4) is 0 Å². The Morgan fingerprint density at radius 2 is 2.29 bits per heavy atom. The summed E-state index contributed by atoms with van der Waals surface area (Å²) in [4.78, 5) is 11.3. The second-order valence-corrected chi connectivity index (χ2v) is 4.24. The number of ether oxygens (including phenoxy) is 1. The Kier molecular flexibility index (Phi) is 5.15. The molecular formula is C12H21N3O2. The Hall–Kier alpha value is -1.36. The van der Waals surface area contributed by atoms with Crippen molar-refractivity contribution in [2.75, 3.05) is 13.7 Å². The third kappa shape index (κ3) is 3.85. The average Bonchev–Trinajstić information content (AvgIpc) is 2.77. The Morgan fingerprint density at radius 1 is 1.59 bits per heavy atom. The van der Waals surface area contributed by atoms with E-state index in [0.29, 0.717) is 12.5 Å². The van der Waals surface area contributed by atoms with Gasteiger partial charge in [0.05, 0.1) is 19.7 Å². The maximum Gasteiger partial charge on any atom is 0.307 e. The Morgan fingerprint density at radius 3 is 2.76 bits per heavy atom. The van der Waals surface area contributed by atoms with Gasteiger partial charge in [-0.25, -0.2) is 0 Å².